The molecule has 152 valence electrons. The SMILES string of the molecule is CC[C@]1(c2ccccc2)NC(=O)N(NC(=O)CCSc2ccc(C)c(C)c2)C1=O. The standard InChI is InChI=1S/C22H25N3O3S/c1-4-22(17-8-6-5-7-9-17)20(27)25(21(28)23-22)24-19(26)12-13-29-18-11-10-15(2)16(3)14-18/h5-11,14H,4,12-13H2,1-3H3,(H,23,28)(H,24,26)/t22-/m1/s1. The van der Waals surface area contributed by atoms with E-state index in [4.69, 9.17) is 0 Å². The van der Waals surface area contributed by atoms with E-state index in [2.05, 4.69) is 36.7 Å². The molecule has 0 bridgehead atoms. The van der Waals surface area contributed by atoms with E-state index in [0.717, 1.165) is 9.90 Å². The molecular weight excluding hydrogens is 386 g/mol. The van der Waals surface area contributed by atoms with Gasteiger partial charge in [0, 0.05) is 17.1 Å². The number of thioether (sulfide) groups is 1. The number of nitrogens with zero attached hydrogens (tertiary/aromatic N) is 1. The average molecular weight is 412 g/mol. The van der Waals surface area contributed by atoms with Crippen LogP contribution in [0.5, 0.6) is 0 Å². The summed E-state index contributed by atoms with van der Waals surface area (Å²) in [6.45, 7) is 5.94. The molecule has 0 radical (unpaired) electrons. The molecule has 1 heterocycles. The topological polar surface area (TPSA) is 78.5 Å². The van der Waals surface area contributed by atoms with Gasteiger partial charge in [-0.15, -0.1) is 11.8 Å². The van der Waals surface area contributed by atoms with Crippen molar-refractivity contribution in [2.45, 2.75) is 44.0 Å². The van der Waals surface area contributed by atoms with Crippen LogP contribution in [0.1, 0.15) is 36.5 Å². The third-order valence-corrected chi connectivity index (χ3v) is 6.20. The number of hydrogen-bond acceptors (Lipinski definition) is 4. The number of carbonyl (C=O) groups excluding carboxylic acids is 3. The first-order valence-electron chi connectivity index (χ1n) is 9.59. The van der Waals surface area contributed by atoms with Crippen LogP contribution in [-0.4, -0.2) is 28.6 Å². The van der Waals surface area contributed by atoms with E-state index >= 15 is 0 Å². The van der Waals surface area contributed by atoms with Gasteiger partial charge < -0.3 is 5.32 Å². The second-order valence-electron chi connectivity index (χ2n) is 7.08. The summed E-state index contributed by atoms with van der Waals surface area (Å²) in [5.41, 5.74) is 4.44. The van der Waals surface area contributed by atoms with Crippen LogP contribution in [0.15, 0.2) is 53.4 Å². The zero-order valence-corrected chi connectivity index (χ0v) is 17.6. The van der Waals surface area contributed by atoms with Gasteiger partial charge >= 0.3 is 6.03 Å². The van der Waals surface area contributed by atoms with Crippen molar-refractivity contribution in [3.8, 4) is 0 Å². The van der Waals surface area contributed by atoms with Crippen LogP contribution in [0, 0.1) is 13.8 Å². The lowest BCUT2D eigenvalue weighted by molar-refractivity contribution is -0.139. The van der Waals surface area contributed by atoms with Gasteiger partial charge in [0.2, 0.25) is 5.91 Å². The average Bonchev–Trinajstić information content (AvgIpc) is 2.96. The fraction of sp³-hybridized carbons (Fsp3) is 0.318. The molecule has 6 nitrogen and oxygen atoms in total. The van der Waals surface area contributed by atoms with E-state index in [-0.39, 0.29) is 12.3 Å². The summed E-state index contributed by atoms with van der Waals surface area (Å²) in [5.74, 6) is -0.286. The van der Waals surface area contributed by atoms with Gasteiger partial charge in [-0.2, -0.15) is 5.01 Å². The summed E-state index contributed by atoms with van der Waals surface area (Å²) in [5, 5.41) is 3.55. The molecule has 2 aromatic rings. The maximum Gasteiger partial charge on any atom is 0.344 e. The molecule has 0 spiro atoms. The van der Waals surface area contributed by atoms with Crippen LogP contribution >= 0.6 is 11.8 Å². The molecule has 1 atom stereocenters. The zero-order valence-electron chi connectivity index (χ0n) is 16.8. The van der Waals surface area contributed by atoms with Crippen molar-refractivity contribution in [2.24, 2.45) is 0 Å². The van der Waals surface area contributed by atoms with Crippen molar-refractivity contribution < 1.29 is 14.4 Å². The molecule has 4 amide bonds. The fourth-order valence-corrected chi connectivity index (χ4v) is 4.23. The van der Waals surface area contributed by atoms with E-state index in [1.165, 1.54) is 11.1 Å². The first-order valence-corrected chi connectivity index (χ1v) is 10.6. The van der Waals surface area contributed by atoms with Gasteiger partial charge in [-0.05, 0) is 49.1 Å². The zero-order chi connectivity index (χ0) is 21.0. The fourth-order valence-electron chi connectivity index (χ4n) is 3.28. The number of benzene rings is 2. The number of rotatable bonds is 7. The van der Waals surface area contributed by atoms with Crippen LogP contribution < -0.4 is 10.7 Å². The third kappa shape index (κ3) is 4.29. The number of nitrogens with one attached hydrogen (secondary N) is 2. The van der Waals surface area contributed by atoms with E-state index in [9.17, 15) is 14.4 Å². The smallest absolute Gasteiger partial charge is 0.318 e. The summed E-state index contributed by atoms with van der Waals surface area (Å²) in [4.78, 5) is 38.8. The third-order valence-electron chi connectivity index (χ3n) is 5.20. The van der Waals surface area contributed by atoms with Gasteiger partial charge in [0.15, 0.2) is 0 Å². The second kappa shape index (κ2) is 8.69. The number of aryl methyl sites for hydroxylation is 2. The molecule has 1 aliphatic heterocycles. The molecule has 0 saturated carbocycles. The highest BCUT2D eigenvalue weighted by atomic mass is 32.2. The quantitative estimate of drug-likeness (QED) is 0.538. The van der Waals surface area contributed by atoms with Gasteiger partial charge in [-0.3, -0.25) is 15.0 Å². The van der Waals surface area contributed by atoms with E-state index in [1.54, 1.807) is 23.9 Å². The molecule has 0 aromatic heterocycles. The van der Waals surface area contributed by atoms with E-state index < -0.39 is 17.5 Å². The lowest BCUT2D eigenvalue weighted by atomic mass is 9.87. The highest BCUT2D eigenvalue weighted by Crippen LogP contribution is 2.31. The molecule has 1 aliphatic rings. The molecule has 2 aromatic carbocycles. The molecule has 0 unspecified atom stereocenters. The highest BCUT2D eigenvalue weighted by Gasteiger charge is 2.52. The number of imide groups is 1. The Morgan fingerprint density at radius 2 is 1.83 bits per heavy atom. The lowest BCUT2D eigenvalue weighted by Crippen LogP contribution is -2.48. The predicted molar refractivity (Wildman–Crippen MR) is 113 cm³/mol. The van der Waals surface area contributed by atoms with Crippen molar-refractivity contribution in [3.05, 3.63) is 65.2 Å². The number of amides is 4. The maximum absolute atomic E-state index is 13.0. The first-order chi connectivity index (χ1) is 13.9. The van der Waals surface area contributed by atoms with Crippen LogP contribution in [0.25, 0.3) is 0 Å². The Balaban J connectivity index is 1.60. The monoisotopic (exact) mass is 411 g/mol. The molecule has 3 rings (SSSR count). The second-order valence-corrected chi connectivity index (χ2v) is 8.24. The summed E-state index contributed by atoms with van der Waals surface area (Å²) in [6.07, 6.45) is 0.579. The summed E-state index contributed by atoms with van der Waals surface area (Å²) < 4.78 is 0. The number of urea groups is 1. The van der Waals surface area contributed by atoms with Crippen LogP contribution in [0.4, 0.5) is 4.79 Å². The van der Waals surface area contributed by atoms with Crippen LogP contribution in [0.2, 0.25) is 0 Å². The van der Waals surface area contributed by atoms with E-state index in [0.29, 0.717) is 17.7 Å². The van der Waals surface area contributed by atoms with Crippen molar-refractivity contribution >= 4 is 29.6 Å². The molecule has 2 N–H and O–H groups in total. The van der Waals surface area contributed by atoms with Crippen LogP contribution in [-0.2, 0) is 15.1 Å². The van der Waals surface area contributed by atoms with Gasteiger partial charge in [-0.1, -0.05) is 43.3 Å². The van der Waals surface area contributed by atoms with Gasteiger partial charge in [0.1, 0.15) is 5.54 Å². The van der Waals surface area contributed by atoms with Gasteiger partial charge in [-0.25, -0.2) is 4.79 Å². The van der Waals surface area contributed by atoms with Crippen LogP contribution in [0.3, 0.4) is 0 Å². The summed E-state index contributed by atoms with van der Waals surface area (Å²) >= 11 is 1.57. The number of carbonyl (C=O) groups is 3. The van der Waals surface area contributed by atoms with Gasteiger partial charge in [0.05, 0.1) is 0 Å². The highest BCUT2D eigenvalue weighted by molar-refractivity contribution is 7.99. The summed E-state index contributed by atoms with van der Waals surface area (Å²) in [7, 11) is 0. The molecular formula is C22H25N3O3S. The number of hydrazine groups is 1. The maximum atomic E-state index is 13.0. The largest absolute Gasteiger partial charge is 0.344 e. The predicted octanol–water partition coefficient (Wildman–Crippen LogP) is 3.67. The van der Waals surface area contributed by atoms with Crippen molar-refractivity contribution in [3.63, 3.8) is 0 Å². The molecule has 1 fully saturated rings. The normalized spacial score (nSPS) is 18.7. The molecule has 7 heteroatoms. The molecule has 1 saturated heterocycles. The minimum Gasteiger partial charge on any atom is -0.318 e. The summed E-state index contributed by atoms with van der Waals surface area (Å²) in [6, 6.07) is 14.6. The minimum atomic E-state index is -1.15. The van der Waals surface area contributed by atoms with Crippen molar-refractivity contribution in [1.29, 1.82) is 0 Å². The lowest BCUT2D eigenvalue weighted by Gasteiger charge is -2.25. The Hall–Kier alpha value is -2.80. The van der Waals surface area contributed by atoms with Crippen molar-refractivity contribution in [2.75, 3.05) is 5.75 Å². The Kier molecular flexibility index (Phi) is 6.27. The van der Waals surface area contributed by atoms with E-state index in [1.807, 2.05) is 31.2 Å². The Morgan fingerprint density at radius 1 is 1.10 bits per heavy atom. The Labute approximate surface area is 175 Å². The molecule has 0 aliphatic carbocycles. The van der Waals surface area contributed by atoms with Crippen molar-refractivity contribution in [1.82, 2.24) is 15.8 Å². The first kappa shape index (κ1) is 20.9. The Morgan fingerprint density at radius 3 is 2.48 bits per heavy atom. The Bertz CT molecular complexity index is 932. The molecule has 29 heavy (non-hydrogen) atoms. The van der Waals surface area contributed by atoms with Gasteiger partial charge in [0.25, 0.3) is 5.91 Å². The minimum absolute atomic E-state index is 0.194. The number of hydrogen-bond donors (Lipinski definition) is 2.